The van der Waals surface area contributed by atoms with Crippen LogP contribution >= 0.6 is 23.1 Å². The maximum Gasteiger partial charge on any atom is 0.189 e. The van der Waals surface area contributed by atoms with Crippen LogP contribution in [0.15, 0.2) is 40.9 Å². The summed E-state index contributed by atoms with van der Waals surface area (Å²) in [7, 11) is 1.67. The highest BCUT2D eigenvalue weighted by molar-refractivity contribution is 7.98. The fraction of sp³-hybridized carbons (Fsp3) is 0.143. The fourth-order valence-electron chi connectivity index (χ4n) is 1.92. The monoisotopic (exact) mass is 288 g/mol. The Hall–Kier alpha value is -1.59. The van der Waals surface area contributed by atoms with E-state index >= 15 is 0 Å². The van der Waals surface area contributed by atoms with E-state index in [2.05, 4.69) is 16.0 Å². The van der Waals surface area contributed by atoms with E-state index in [1.165, 1.54) is 0 Å². The fourth-order valence-corrected chi connectivity index (χ4v) is 3.10. The predicted octanol–water partition coefficient (Wildman–Crippen LogP) is 4.09. The largest absolute Gasteiger partial charge is 0.497 e. The van der Waals surface area contributed by atoms with Crippen LogP contribution < -0.4 is 4.74 Å². The summed E-state index contributed by atoms with van der Waals surface area (Å²) in [5.41, 5.74) is 2.02. The normalized spacial score (nSPS) is 10.8. The lowest BCUT2D eigenvalue weighted by molar-refractivity contribution is 0.415. The molecule has 0 saturated carbocycles. The van der Waals surface area contributed by atoms with E-state index in [1.807, 2.05) is 35.9 Å². The molecule has 5 heteroatoms. The minimum absolute atomic E-state index is 0.799. The second-order valence-corrected chi connectivity index (χ2v) is 5.60. The van der Waals surface area contributed by atoms with Gasteiger partial charge in [0.05, 0.1) is 12.8 Å². The molecule has 1 aromatic carbocycles. The smallest absolute Gasteiger partial charge is 0.189 e. The summed E-state index contributed by atoms with van der Waals surface area (Å²) >= 11 is 3.20. The molecule has 2 heterocycles. The Bertz CT molecular complexity index is 724. The molecule has 0 fully saturated rings. The maximum atomic E-state index is 5.28. The molecule has 0 amide bonds. The lowest BCUT2D eigenvalue weighted by atomic mass is 10.1. The standard InChI is InChI=1S/C14H12N2OS2/c1-17-10-5-3-4-9(8-10)12-11-6-7-19-13(11)16-14(15-12)18-2/h3-8H,1-2H3. The van der Waals surface area contributed by atoms with Crippen LogP contribution in [0.2, 0.25) is 0 Å². The molecule has 0 aliphatic rings. The highest BCUT2D eigenvalue weighted by atomic mass is 32.2. The number of nitrogens with zero attached hydrogens (tertiary/aromatic N) is 2. The maximum absolute atomic E-state index is 5.28. The van der Waals surface area contributed by atoms with Crippen molar-refractivity contribution in [2.45, 2.75) is 5.16 Å². The SMILES string of the molecule is COc1cccc(-c2nc(SC)nc3sccc23)c1. The van der Waals surface area contributed by atoms with Gasteiger partial charge in [-0.15, -0.1) is 11.3 Å². The first-order valence-corrected chi connectivity index (χ1v) is 7.86. The summed E-state index contributed by atoms with van der Waals surface area (Å²) in [4.78, 5) is 10.2. The van der Waals surface area contributed by atoms with Crippen LogP contribution in [-0.4, -0.2) is 23.3 Å². The van der Waals surface area contributed by atoms with Gasteiger partial charge in [0.25, 0.3) is 0 Å². The van der Waals surface area contributed by atoms with Gasteiger partial charge in [-0.2, -0.15) is 0 Å². The van der Waals surface area contributed by atoms with E-state index in [0.29, 0.717) is 0 Å². The first-order valence-electron chi connectivity index (χ1n) is 5.75. The number of benzene rings is 1. The van der Waals surface area contributed by atoms with Gasteiger partial charge in [0.15, 0.2) is 5.16 Å². The zero-order valence-corrected chi connectivity index (χ0v) is 12.2. The Morgan fingerprint density at radius 1 is 1.21 bits per heavy atom. The van der Waals surface area contributed by atoms with Crippen molar-refractivity contribution in [3.8, 4) is 17.0 Å². The van der Waals surface area contributed by atoms with Crippen molar-refractivity contribution >= 4 is 33.3 Å². The van der Waals surface area contributed by atoms with Crippen LogP contribution in [0, 0.1) is 0 Å². The molecule has 3 aromatic rings. The molecule has 0 bridgehead atoms. The lowest BCUT2D eigenvalue weighted by Crippen LogP contribution is -1.91. The molecule has 3 rings (SSSR count). The number of ether oxygens (including phenoxy) is 1. The molecule has 2 aromatic heterocycles. The Morgan fingerprint density at radius 3 is 2.89 bits per heavy atom. The van der Waals surface area contributed by atoms with Gasteiger partial charge in [0.2, 0.25) is 0 Å². The summed E-state index contributed by atoms with van der Waals surface area (Å²) in [5.74, 6) is 0.838. The highest BCUT2D eigenvalue weighted by Gasteiger charge is 2.11. The lowest BCUT2D eigenvalue weighted by Gasteiger charge is -2.06. The topological polar surface area (TPSA) is 35.0 Å². The number of hydrogen-bond acceptors (Lipinski definition) is 5. The average molecular weight is 288 g/mol. The Kier molecular flexibility index (Phi) is 3.40. The molecular weight excluding hydrogens is 276 g/mol. The van der Waals surface area contributed by atoms with Crippen molar-refractivity contribution in [3.05, 3.63) is 35.7 Å². The predicted molar refractivity (Wildman–Crippen MR) is 81.2 cm³/mol. The Balaban J connectivity index is 2.24. The van der Waals surface area contributed by atoms with Crippen molar-refractivity contribution in [1.82, 2.24) is 9.97 Å². The number of aromatic nitrogens is 2. The van der Waals surface area contributed by atoms with E-state index in [9.17, 15) is 0 Å². The van der Waals surface area contributed by atoms with Gasteiger partial charge in [-0.25, -0.2) is 9.97 Å². The van der Waals surface area contributed by atoms with E-state index < -0.39 is 0 Å². The highest BCUT2D eigenvalue weighted by Crippen LogP contribution is 2.32. The zero-order valence-electron chi connectivity index (χ0n) is 10.6. The van der Waals surface area contributed by atoms with Gasteiger partial charge in [-0.3, -0.25) is 0 Å². The number of thioether (sulfide) groups is 1. The molecule has 0 N–H and O–H groups in total. The third-order valence-corrected chi connectivity index (χ3v) is 4.18. The van der Waals surface area contributed by atoms with Crippen LogP contribution in [-0.2, 0) is 0 Å². The van der Waals surface area contributed by atoms with E-state index in [1.54, 1.807) is 30.2 Å². The molecule has 0 saturated heterocycles. The van der Waals surface area contributed by atoms with Crippen LogP contribution in [0.25, 0.3) is 21.5 Å². The van der Waals surface area contributed by atoms with Crippen molar-refractivity contribution in [3.63, 3.8) is 0 Å². The molecule has 0 aliphatic carbocycles. The summed E-state index contributed by atoms with van der Waals surface area (Å²) in [6, 6.07) is 10.0. The summed E-state index contributed by atoms with van der Waals surface area (Å²) < 4.78 is 5.28. The van der Waals surface area contributed by atoms with Gasteiger partial charge in [0.1, 0.15) is 10.6 Å². The Labute approximate surface area is 119 Å². The molecule has 0 aliphatic heterocycles. The first-order chi connectivity index (χ1) is 9.31. The van der Waals surface area contributed by atoms with Crippen LogP contribution in [0.3, 0.4) is 0 Å². The van der Waals surface area contributed by atoms with Crippen LogP contribution in [0.1, 0.15) is 0 Å². The second-order valence-electron chi connectivity index (χ2n) is 3.93. The van der Waals surface area contributed by atoms with Crippen molar-refractivity contribution in [1.29, 1.82) is 0 Å². The zero-order chi connectivity index (χ0) is 13.2. The number of thiophene rings is 1. The van der Waals surface area contributed by atoms with Gasteiger partial charge >= 0.3 is 0 Å². The second kappa shape index (κ2) is 5.19. The quantitative estimate of drug-likeness (QED) is 0.537. The minimum atomic E-state index is 0.799. The molecule has 96 valence electrons. The summed E-state index contributed by atoms with van der Waals surface area (Å²) in [5, 5.41) is 3.94. The van der Waals surface area contributed by atoms with E-state index in [-0.39, 0.29) is 0 Å². The van der Waals surface area contributed by atoms with Crippen molar-refractivity contribution < 1.29 is 4.74 Å². The summed E-state index contributed by atoms with van der Waals surface area (Å²) in [6.07, 6.45) is 1.99. The van der Waals surface area contributed by atoms with Crippen LogP contribution in [0.5, 0.6) is 5.75 Å². The molecule has 0 spiro atoms. The molecule has 0 unspecified atom stereocenters. The van der Waals surface area contributed by atoms with Gasteiger partial charge in [0, 0.05) is 10.9 Å². The van der Waals surface area contributed by atoms with Crippen molar-refractivity contribution in [2.24, 2.45) is 0 Å². The minimum Gasteiger partial charge on any atom is -0.497 e. The van der Waals surface area contributed by atoms with Gasteiger partial charge in [-0.1, -0.05) is 23.9 Å². The van der Waals surface area contributed by atoms with Gasteiger partial charge in [-0.05, 0) is 29.8 Å². The molecule has 3 nitrogen and oxygen atoms in total. The third-order valence-electron chi connectivity index (χ3n) is 2.83. The molecule has 0 radical (unpaired) electrons. The first kappa shape index (κ1) is 12.4. The average Bonchev–Trinajstić information content (AvgIpc) is 2.94. The molecule has 0 atom stereocenters. The summed E-state index contributed by atoms with van der Waals surface area (Å²) in [6.45, 7) is 0. The Morgan fingerprint density at radius 2 is 2.11 bits per heavy atom. The van der Waals surface area contributed by atoms with Crippen molar-refractivity contribution in [2.75, 3.05) is 13.4 Å². The van der Waals surface area contributed by atoms with Crippen LogP contribution in [0.4, 0.5) is 0 Å². The van der Waals surface area contributed by atoms with E-state index in [0.717, 1.165) is 32.4 Å². The van der Waals surface area contributed by atoms with Gasteiger partial charge < -0.3 is 4.74 Å². The number of hydrogen-bond donors (Lipinski definition) is 0. The molecular formula is C14H12N2OS2. The van der Waals surface area contributed by atoms with E-state index in [4.69, 9.17) is 4.74 Å². The molecule has 19 heavy (non-hydrogen) atoms. The number of rotatable bonds is 3. The third kappa shape index (κ3) is 2.31. The number of fused-ring (bicyclic) bond motifs is 1. The number of methoxy groups -OCH3 is 1.